The third-order valence-electron chi connectivity index (χ3n) is 4.91. The van der Waals surface area contributed by atoms with E-state index in [0.717, 1.165) is 42.7 Å². The van der Waals surface area contributed by atoms with E-state index in [0.29, 0.717) is 17.9 Å². The molecule has 0 radical (unpaired) electrons. The van der Waals surface area contributed by atoms with Crippen molar-refractivity contribution in [2.45, 2.75) is 18.9 Å². The van der Waals surface area contributed by atoms with Gasteiger partial charge in [0.05, 0.1) is 12.6 Å². The fourth-order valence-electron chi connectivity index (χ4n) is 3.49. The number of likely N-dealkylation sites (N-methyl/N-ethyl adjacent to an activating group) is 1. The van der Waals surface area contributed by atoms with Crippen LogP contribution in [0.4, 0.5) is 11.8 Å². The molecule has 1 aliphatic rings. The molecule has 3 heterocycles. The lowest BCUT2D eigenvalue weighted by atomic mass is 10.0. The van der Waals surface area contributed by atoms with Crippen molar-refractivity contribution in [2.24, 2.45) is 0 Å². The normalized spacial score (nSPS) is 17.3. The van der Waals surface area contributed by atoms with Crippen LogP contribution in [-0.2, 0) is 0 Å². The van der Waals surface area contributed by atoms with Crippen LogP contribution in [0.1, 0.15) is 12.8 Å². The van der Waals surface area contributed by atoms with E-state index in [-0.39, 0.29) is 0 Å². The summed E-state index contributed by atoms with van der Waals surface area (Å²) < 4.78 is 5.23. The first-order valence-electron chi connectivity index (χ1n) is 8.81. The zero-order valence-corrected chi connectivity index (χ0v) is 15.0. The van der Waals surface area contributed by atoms with E-state index < -0.39 is 0 Å². The molecule has 1 atom stereocenters. The quantitative estimate of drug-likeness (QED) is 0.716. The first-order valence-corrected chi connectivity index (χ1v) is 8.81. The van der Waals surface area contributed by atoms with Crippen LogP contribution in [0.2, 0.25) is 0 Å². The van der Waals surface area contributed by atoms with Gasteiger partial charge in [-0.05, 0) is 25.0 Å². The van der Waals surface area contributed by atoms with Crippen LogP contribution in [0, 0.1) is 0 Å². The molecule has 3 aromatic rings. The molecule has 134 valence electrons. The average molecular weight is 350 g/mol. The van der Waals surface area contributed by atoms with Gasteiger partial charge in [0.15, 0.2) is 0 Å². The molecule has 1 fully saturated rings. The lowest BCUT2D eigenvalue weighted by Crippen LogP contribution is -2.47. The smallest absolute Gasteiger partial charge is 0.228 e. The Hall–Kier alpha value is -2.96. The van der Waals surface area contributed by atoms with Crippen LogP contribution in [0.5, 0.6) is 5.88 Å². The highest BCUT2D eigenvalue weighted by Crippen LogP contribution is 2.27. The van der Waals surface area contributed by atoms with Gasteiger partial charge in [-0.25, -0.2) is 15.0 Å². The molecule has 1 aromatic carbocycles. The average Bonchev–Trinajstić information content (AvgIpc) is 2.73. The minimum absolute atomic E-state index is 0.310. The Bertz CT molecular complexity index is 897. The Morgan fingerprint density at radius 3 is 2.92 bits per heavy atom. The highest BCUT2D eigenvalue weighted by Gasteiger charge is 2.26. The Morgan fingerprint density at radius 2 is 2.04 bits per heavy atom. The summed E-state index contributed by atoms with van der Waals surface area (Å²) >= 11 is 0. The first kappa shape index (κ1) is 16.5. The van der Waals surface area contributed by atoms with E-state index in [1.807, 2.05) is 25.2 Å². The summed E-state index contributed by atoms with van der Waals surface area (Å²) in [5, 5.41) is 1.09. The van der Waals surface area contributed by atoms with Crippen molar-refractivity contribution in [1.82, 2.24) is 19.9 Å². The van der Waals surface area contributed by atoms with E-state index in [9.17, 15) is 0 Å². The summed E-state index contributed by atoms with van der Waals surface area (Å²) in [6.45, 7) is 1.86. The zero-order valence-electron chi connectivity index (χ0n) is 15.0. The van der Waals surface area contributed by atoms with Gasteiger partial charge >= 0.3 is 0 Å². The topological polar surface area (TPSA) is 67.3 Å². The van der Waals surface area contributed by atoms with E-state index in [1.54, 1.807) is 25.7 Å². The molecule has 0 saturated carbocycles. The summed E-state index contributed by atoms with van der Waals surface area (Å²) in [5.41, 5.74) is 0.976. The molecule has 0 amide bonds. The summed E-state index contributed by atoms with van der Waals surface area (Å²) in [7, 11) is 3.66. The van der Waals surface area contributed by atoms with Crippen LogP contribution in [0.25, 0.3) is 10.9 Å². The van der Waals surface area contributed by atoms with Gasteiger partial charge in [0.2, 0.25) is 11.8 Å². The molecule has 0 aliphatic carbocycles. The molecule has 1 unspecified atom stereocenters. The summed E-state index contributed by atoms with van der Waals surface area (Å²) in [6, 6.07) is 10.2. The highest BCUT2D eigenvalue weighted by atomic mass is 16.5. The lowest BCUT2D eigenvalue weighted by Gasteiger charge is -2.38. The standard InChI is InChI=1S/C19H22N6O/c1-24(19-20-10-9-17(23-19)26-2)14-6-5-11-25(12-14)18-15-7-3-4-8-16(15)21-13-22-18/h3-4,7-10,13-14H,5-6,11-12H2,1-2H3. The van der Waals surface area contributed by atoms with Crippen LogP contribution >= 0.6 is 0 Å². The Morgan fingerprint density at radius 1 is 1.15 bits per heavy atom. The van der Waals surface area contributed by atoms with Crippen molar-refractivity contribution in [1.29, 1.82) is 0 Å². The second kappa shape index (κ2) is 7.11. The molecule has 4 rings (SSSR count). The highest BCUT2D eigenvalue weighted by molar-refractivity contribution is 5.89. The van der Waals surface area contributed by atoms with Gasteiger partial charge < -0.3 is 14.5 Å². The van der Waals surface area contributed by atoms with Crippen molar-refractivity contribution in [2.75, 3.05) is 37.0 Å². The molecule has 2 aromatic heterocycles. The Labute approximate surface area is 152 Å². The maximum absolute atomic E-state index is 5.23. The van der Waals surface area contributed by atoms with Crippen molar-refractivity contribution in [3.05, 3.63) is 42.9 Å². The number of para-hydroxylation sites is 1. The molecule has 1 saturated heterocycles. The summed E-state index contributed by atoms with van der Waals surface area (Å²) in [6.07, 6.45) is 5.57. The summed E-state index contributed by atoms with van der Waals surface area (Å²) in [5.74, 6) is 2.26. The maximum Gasteiger partial charge on any atom is 0.228 e. The van der Waals surface area contributed by atoms with Crippen molar-refractivity contribution >= 4 is 22.7 Å². The Balaban J connectivity index is 1.59. The Kier molecular flexibility index (Phi) is 4.51. The van der Waals surface area contributed by atoms with Crippen LogP contribution in [0.3, 0.4) is 0 Å². The number of fused-ring (bicyclic) bond motifs is 1. The van der Waals surface area contributed by atoms with Crippen LogP contribution < -0.4 is 14.5 Å². The molecular weight excluding hydrogens is 328 g/mol. The first-order chi connectivity index (χ1) is 12.8. The summed E-state index contributed by atoms with van der Waals surface area (Å²) in [4.78, 5) is 22.3. The van der Waals surface area contributed by atoms with Gasteiger partial charge in [-0.3, -0.25) is 0 Å². The fraction of sp³-hybridized carbons (Fsp3) is 0.368. The van der Waals surface area contributed by atoms with E-state index >= 15 is 0 Å². The number of benzene rings is 1. The van der Waals surface area contributed by atoms with E-state index in [2.05, 4.69) is 35.8 Å². The molecule has 0 bridgehead atoms. The third kappa shape index (κ3) is 3.12. The van der Waals surface area contributed by atoms with Gasteiger partial charge in [-0.15, -0.1) is 0 Å². The number of methoxy groups -OCH3 is 1. The third-order valence-corrected chi connectivity index (χ3v) is 4.91. The lowest BCUT2D eigenvalue weighted by molar-refractivity contribution is 0.395. The van der Waals surface area contributed by atoms with Crippen molar-refractivity contribution in [3.63, 3.8) is 0 Å². The number of aromatic nitrogens is 4. The fourth-order valence-corrected chi connectivity index (χ4v) is 3.49. The molecule has 1 aliphatic heterocycles. The van der Waals surface area contributed by atoms with Crippen LogP contribution in [0.15, 0.2) is 42.9 Å². The van der Waals surface area contributed by atoms with Crippen molar-refractivity contribution < 1.29 is 4.74 Å². The number of hydrogen-bond donors (Lipinski definition) is 0. The van der Waals surface area contributed by atoms with Crippen molar-refractivity contribution in [3.8, 4) is 5.88 Å². The minimum atomic E-state index is 0.310. The molecular formula is C19H22N6O. The number of ether oxygens (including phenoxy) is 1. The van der Waals surface area contributed by atoms with Gasteiger partial charge in [-0.1, -0.05) is 12.1 Å². The zero-order chi connectivity index (χ0) is 17.9. The van der Waals surface area contributed by atoms with Gasteiger partial charge in [0.1, 0.15) is 12.1 Å². The molecule has 7 heteroatoms. The number of anilines is 2. The molecule has 0 spiro atoms. The maximum atomic E-state index is 5.23. The number of hydrogen-bond acceptors (Lipinski definition) is 7. The molecule has 26 heavy (non-hydrogen) atoms. The second-order valence-corrected chi connectivity index (χ2v) is 6.47. The second-order valence-electron chi connectivity index (χ2n) is 6.47. The number of nitrogens with zero attached hydrogens (tertiary/aromatic N) is 6. The predicted molar refractivity (Wildman–Crippen MR) is 102 cm³/mol. The minimum Gasteiger partial charge on any atom is -0.481 e. The largest absolute Gasteiger partial charge is 0.481 e. The van der Waals surface area contributed by atoms with Gasteiger partial charge in [0, 0.05) is 43.8 Å². The SMILES string of the molecule is COc1ccnc(N(C)C2CCCN(c3ncnc4ccccc34)C2)n1. The number of piperidine rings is 1. The number of rotatable bonds is 4. The monoisotopic (exact) mass is 350 g/mol. The van der Waals surface area contributed by atoms with Gasteiger partial charge in [-0.2, -0.15) is 4.98 Å². The molecule has 0 N–H and O–H groups in total. The predicted octanol–water partition coefficient (Wildman–Crippen LogP) is 2.53. The van der Waals surface area contributed by atoms with E-state index in [1.165, 1.54) is 0 Å². The van der Waals surface area contributed by atoms with E-state index in [4.69, 9.17) is 4.74 Å². The van der Waals surface area contributed by atoms with Crippen LogP contribution in [-0.4, -0.2) is 53.2 Å². The van der Waals surface area contributed by atoms with Gasteiger partial charge in [0.25, 0.3) is 0 Å². The molecule has 7 nitrogen and oxygen atoms in total.